The summed E-state index contributed by atoms with van der Waals surface area (Å²) in [5.74, 6) is 3.26. The van der Waals surface area contributed by atoms with E-state index in [1.165, 1.54) is 5.56 Å². The molecular formula is C19H24N6O2. The van der Waals surface area contributed by atoms with Gasteiger partial charge in [0.15, 0.2) is 5.82 Å². The Balaban J connectivity index is 1.63. The second-order valence-electron chi connectivity index (χ2n) is 7.39. The fraction of sp³-hybridized carbons (Fsp3) is 0.526. The van der Waals surface area contributed by atoms with E-state index < -0.39 is 0 Å². The number of nitrogen functional groups attached to an aromatic ring is 1. The van der Waals surface area contributed by atoms with Crippen molar-refractivity contribution in [3.8, 4) is 11.4 Å². The molecule has 2 aromatic heterocycles. The first-order chi connectivity index (χ1) is 13.2. The van der Waals surface area contributed by atoms with Crippen LogP contribution < -0.4 is 15.5 Å². The maximum absolute atomic E-state index is 5.75. The molecular weight excluding hydrogens is 344 g/mol. The van der Waals surface area contributed by atoms with Gasteiger partial charge in [-0.15, -0.1) is 0 Å². The number of nitrogens with two attached hydrogens (primary N) is 1. The van der Waals surface area contributed by atoms with Crippen molar-refractivity contribution in [2.24, 2.45) is 0 Å². The molecule has 0 aromatic carbocycles. The highest BCUT2D eigenvalue weighted by Crippen LogP contribution is 2.39. The minimum absolute atomic E-state index is 0.282. The Bertz CT molecular complexity index is 843. The number of morpholine rings is 2. The Morgan fingerprint density at radius 3 is 2.52 bits per heavy atom. The van der Waals surface area contributed by atoms with Crippen molar-refractivity contribution < 1.29 is 9.47 Å². The largest absolute Gasteiger partial charge is 0.384 e. The predicted octanol–water partition coefficient (Wildman–Crippen LogP) is 1.11. The Morgan fingerprint density at radius 1 is 1.04 bits per heavy atom. The third-order valence-corrected chi connectivity index (χ3v) is 5.59. The number of pyridine rings is 1. The van der Waals surface area contributed by atoms with Gasteiger partial charge >= 0.3 is 0 Å². The Labute approximate surface area is 158 Å². The van der Waals surface area contributed by atoms with E-state index in [1.807, 2.05) is 6.07 Å². The lowest BCUT2D eigenvalue weighted by molar-refractivity contribution is 0.0967. The molecule has 0 spiro atoms. The van der Waals surface area contributed by atoms with Gasteiger partial charge in [-0.05, 0) is 19.1 Å². The minimum Gasteiger partial charge on any atom is -0.384 e. The highest BCUT2D eigenvalue weighted by atomic mass is 16.5. The summed E-state index contributed by atoms with van der Waals surface area (Å²) in [4.78, 5) is 18.9. The summed E-state index contributed by atoms with van der Waals surface area (Å²) in [5.41, 5.74) is 7.86. The number of fused-ring (bicyclic) bond motifs is 3. The van der Waals surface area contributed by atoms with E-state index >= 15 is 0 Å². The first-order valence-electron chi connectivity index (χ1n) is 9.52. The van der Waals surface area contributed by atoms with Crippen molar-refractivity contribution in [1.29, 1.82) is 0 Å². The molecule has 0 amide bonds. The smallest absolute Gasteiger partial charge is 0.165 e. The molecule has 3 aliphatic heterocycles. The van der Waals surface area contributed by atoms with Crippen LogP contribution >= 0.6 is 0 Å². The maximum atomic E-state index is 5.75. The zero-order valence-corrected chi connectivity index (χ0v) is 15.5. The zero-order chi connectivity index (χ0) is 18.4. The number of rotatable bonds is 2. The maximum Gasteiger partial charge on any atom is 0.165 e. The van der Waals surface area contributed by atoms with E-state index in [1.54, 1.807) is 12.3 Å². The van der Waals surface area contributed by atoms with Gasteiger partial charge in [-0.2, -0.15) is 0 Å². The van der Waals surface area contributed by atoms with E-state index in [0.29, 0.717) is 24.3 Å². The second-order valence-corrected chi connectivity index (χ2v) is 7.39. The molecule has 5 heterocycles. The van der Waals surface area contributed by atoms with Crippen LogP contribution in [-0.4, -0.2) is 66.6 Å². The van der Waals surface area contributed by atoms with Crippen LogP contribution in [0.5, 0.6) is 0 Å². The SMILES string of the molecule is C[C@H]1COCCN1c1nc(-c2ccc(N)nc2)nc2c1C[C@@H]1COCCN21. The van der Waals surface area contributed by atoms with Crippen LogP contribution in [0.2, 0.25) is 0 Å². The molecule has 8 heteroatoms. The highest BCUT2D eigenvalue weighted by Gasteiger charge is 2.38. The van der Waals surface area contributed by atoms with Crippen LogP contribution in [0.15, 0.2) is 18.3 Å². The van der Waals surface area contributed by atoms with Crippen molar-refractivity contribution in [3.63, 3.8) is 0 Å². The Hall–Kier alpha value is -2.45. The van der Waals surface area contributed by atoms with Crippen molar-refractivity contribution in [3.05, 3.63) is 23.9 Å². The van der Waals surface area contributed by atoms with E-state index in [-0.39, 0.29) is 6.04 Å². The third kappa shape index (κ3) is 2.89. The lowest BCUT2D eigenvalue weighted by Crippen LogP contribution is -2.44. The minimum atomic E-state index is 0.282. The number of nitrogens with zero attached hydrogens (tertiary/aromatic N) is 5. The molecule has 0 unspecified atom stereocenters. The monoisotopic (exact) mass is 368 g/mol. The lowest BCUT2D eigenvalue weighted by Gasteiger charge is -2.35. The number of ether oxygens (including phenoxy) is 2. The van der Waals surface area contributed by atoms with Crippen molar-refractivity contribution in [2.75, 3.05) is 55.1 Å². The van der Waals surface area contributed by atoms with E-state index in [9.17, 15) is 0 Å². The summed E-state index contributed by atoms with van der Waals surface area (Å²) in [7, 11) is 0. The van der Waals surface area contributed by atoms with Gasteiger partial charge in [0.2, 0.25) is 0 Å². The van der Waals surface area contributed by atoms with Gasteiger partial charge in [-0.3, -0.25) is 0 Å². The molecule has 0 radical (unpaired) electrons. The highest BCUT2D eigenvalue weighted by molar-refractivity contribution is 5.70. The van der Waals surface area contributed by atoms with Gasteiger partial charge in [0.25, 0.3) is 0 Å². The molecule has 2 fully saturated rings. The van der Waals surface area contributed by atoms with Crippen LogP contribution in [0.1, 0.15) is 12.5 Å². The van der Waals surface area contributed by atoms with Gasteiger partial charge < -0.3 is 25.0 Å². The molecule has 0 saturated carbocycles. The molecule has 2 N–H and O–H groups in total. The molecule has 2 saturated heterocycles. The fourth-order valence-corrected chi connectivity index (χ4v) is 4.17. The predicted molar refractivity (Wildman–Crippen MR) is 103 cm³/mol. The van der Waals surface area contributed by atoms with Crippen LogP contribution in [0.25, 0.3) is 11.4 Å². The molecule has 2 atom stereocenters. The third-order valence-electron chi connectivity index (χ3n) is 5.59. The van der Waals surface area contributed by atoms with Crippen LogP contribution in [0, 0.1) is 0 Å². The number of aromatic nitrogens is 3. The van der Waals surface area contributed by atoms with E-state index in [2.05, 4.69) is 21.7 Å². The first kappa shape index (κ1) is 16.7. The fourth-order valence-electron chi connectivity index (χ4n) is 4.17. The van der Waals surface area contributed by atoms with Gasteiger partial charge in [-0.1, -0.05) is 0 Å². The van der Waals surface area contributed by atoms with Crippen LogP contribution in [0.4, 0.5) is 17.5 Å². The zero-order valence-electron chi connectivity index (χ0n) is 15.5. The molecule has 3 aliphatic rings. The number of hydrogen-bond acceptors (Lipinski definition) is 8. The van der Waals surface area contributed by atoms with Crippen molar-refractivity contribution in [1.82, 2.24) is 15.0 Å². The van der Waals surface area contributed by atoms with Crippen LogP contribution in [0.3, 0.4) is 0 Å². The van der Waals surface area contributed by atoms with Crippen molar-refractivity contribution >= 4 is 17.5 Å². The molecule has 5 rings (SSSR count). The quantitative estimate of drug-likeness (QED) is 0.843. The molecule has 0 bridgehead atoms. The van der Waals surface area contributed by atoms with Gasteiger partial charge in [-0.25, -0.2) is 15.0 Å². The molecule has 142 valence electrons. The second kappa shape index (κ2) is 6.61. The molecule has 0 aliphatic carbocycles. The van der Waals surface area contributed by atoms with E-state index in [4.69, 9.17) is 25.2 Å². The van der Waals surface area contributed by atoms with Crippen LogP contribution in [-0.2, 0) is 15.9 Å². The summed E-state index contributed by atoms with van der Waals surface area (Å²) in [6.07, 6.45) is 2.67. The van der Waals surface area contributed by atoms with Gasteiger partial charge in [0.05, 0.1) is 38.5 Å². The van der Waals surface area contributed by atoms with Crippen molar-refractivity contribution in [2.45, 2.75) is 25.4 Å². The average molecular weight is 368 g/mol. The molecule has 2 aromatic rings. The standard InChI is InChI=1S/C19H24N6O2/c1-12-10-26-6-4-24(12)18-15-8-14-11-27-7-5-25(14)19(15)23-17(22-18)13-2-3-16(20)21-9-13/h2-3,9,12,14H,4-8,10-11H2,1H3,(H2,20,21)/t12-,14+/m0/s1. The topological polar surface area (TPSA) is 89.6 Å². The van der Waals surface area contributed by atoms with Gasteiger partial charge in [0.1, 0.15) is 17.5 Å². The number of anilines is 3. The molecule has 27 heavy (non-hydrogen) atoms. The average Bonchev–Trinajstić information content (AvgIpc) is 3.07. The summed E-state index contributed by atoms with van der Waals surface area (Å²) in [5, 5.41) is 0. The van der Waals surface area contributed by atoms with Gasteiger partial charge in [0, 0.05) is 36.8 Å². The summed E-state index contributed by atoms with van der Waals surface area (Å²) < 4.78 is 11.3. The summed E-state index contributed by atoms with van der Waals surface area (Å²) in [6, 6.07) is 4.35. The summed E-state index contributed by atoms with van der Waals surface area (Å²) in [6.45, 7) is 6.81. The number of hydrogen-bond donors (Lipinski definition) is 1. The summed E-state index contributed by atoms with van der Waals surface area (Å²) >= 11 is 0. The normalized spacial score (nSPS) is 24.6. The first-order valence-corrected chi connectivity index (χ1v) is 9.52. The Morgan fingerprint density at radius 2 is 1.78 bits per heavy atom. The lowest BCUT2D eigenvalue weighted by atomic mass is 10.1. The molecule has 8 nitrogen and oxygen atoms in total. The Kier molecular flexibility index (Phi) is 4.09. The van der Waals surface area contributed by atoms with E-state index in [0.717, 1.165) is 56.5 Å².